The van der Waals surface area contributed by atoms with Gasteiger partial charge in [0, 0.05) is 22.1 Å². The van der Waals surface area contributed by atoms with Crippen LogP contribution in [0.1, 0.15) is 40.2 Å². The molecule has 2 aromatic heterocycles. The monoisotopic (exact) mass is 620 g/mol. The van der Waals surface area contributed by atoms with Crippen molar-refractivity contribution >= 4 is 66.3 Å². The molecule has 1 aliphatic carbocycles. The molecule has 2 aromatic carbocycles. The zero-order chi connectivity index (χ0) is 26.5. The van der Waals surface area contributed by atoms with Crippen LogP contribution in [0.15, 0.2) is 59.2 Å². The number of pyridine rings is 1. The average Bonchev–Trinajstić information content (AvgIpc) is 3.63. The van der Waals surface area contributed by atoms with Gasteiger partial charge in [0.1, 0.15) is 5.69 Å². The number of carbonyl (C=O) groups is 1. The summed E-state index contributed by atoms with van der Waals surface area (Å²) < 4.78 is 29.9. The minimum Gasteiger partial charge on any atom is -0.355 e. The molecule has 0 atom stereocenters. The van der Waals surface area contributed by atoms with Crippen LogP contribution in [-0.2, 0) is 16.6 Å². The third-order valence-corrected chi connectivity index (χ3v) is 8.96. The molecule has 0 radical (unpaired) electrons. The van der Waals surface area contributed by atoms with E-state index in [4.69, 9.17) is 28.3 Å². The first kappa shape index (κ1) is 26.0. The molecule has 0 saturated heterocycles. The van der Waals surface area contributed by atoms with Crippen LogP contribution in [0, 0.1) is 0 Å². The van der Waals surface area contributed by atoms with Crippen molar-refractivity contribution in [1.29, 1.82) is 0 Å². The Balaban J connectivity index is 1.72. The highest BCUT2D eigenvalue weighted by atomic mass is 79.9. The molecular formula is C26H23BrCl2N4O3S. The number of halogens is 3. The van der Waals surface area contributed by atoms with Gasteiger partial charge in [0.25, 0.3) is 5.91 Å². The summed E-state index contributed by atoms with van der Waals surface area (Å²) in [6.07, 6.45) is 4.78. The van der Waals surface area contributed by atoms with Gasteiger partial charge in [-0.1, -0.05) is 41.4 Å². The predicted octanol–water partition coefficient (Wildman–Crippen LogP) is 6.27. The Hall–Kier alpha value is -2.59. The normalized spacial score (nSPS) is 13.6. The van der Waals surface area contributed by atoms with Crippen LogP contribution in [0.5, 0.6) is 0 Å². The number of anilines is 1. The lowest BCUT2D eigenvalue weighted by atomic mass is 10.0. The SMILES string of the molecule is CNC(=O)c1c(-c2ccc(Cl)cc2)nn2cc(N(Cc3ccc(Br)c(Cl)c3)S(C)(=O)=O)c(C3CC3)cc12. The van der Waals surface area contributed by atoms with Gasteiger partial charge in [0.15, 0.2) is 0 Å². The lowest BCUT2D eigenvalue weighted by molar-refractivity contribution is 0.0965. The van der Waals surface area contributed by atoms with Crippen molar-refractivity contribution in [1.82, 2.24) is 14.9 Å². The van der Waals surface area contributed by atoms with E-state index in [9.17, 15) is 13.2 Å². The summed E-state index contributed by atoms with van der Waals surface area (Å²) in [4.78, 5) is 13.0. The standard InChI is InChI=1S/C26H23BrCl2N4O3S/c1-30-26(34)24-22-12-19(16-4-5-16)23(14-32(22)31-25(24)17-6-8-18(28)9-7-17)33(37(2,35)36)13-15-3-10-20(27)21(29)11-15/h3,6-12,14,16H,4-5,13H2,1-2H3,(H,30,34). The Bertz CT molecular complexity index is 1630. The highest BCUT2D eigenvalue weighted by molar-refractivity contribution is 9.10. The molecule has 1 fully saturated rings. The summed E-state index contributed by atoms with van der Waals surface area (Å²) in [6, 6.07) is 14.4. The molecule has 0 unspecified atom stereocenters. The van der Waals surface area contributed by atoms with Gasteiger partial charge in [-0.25, -0.2) is 12.9 Å². The highest BCUT2D eigenvalue weighted by Gasteiger charge is 2.33. The molecule has 1 N–H and O–H groups in total. The molecule has 0 aliphatic heterocycles. The molecule has 0 spiro atoms. The number of aromatic nitrogens is 2. The highest BCUT2D eigenvalue weighted by Crippen LogP contribution is 2.46. The lowest BCUT2D eigenvalue weighted by Crippen LogP contribution is -2.30. The van der Waals surface area contributed by atoms with Gasteiger partial charge in [0.2, 0.25) is 10.0 Å². The third kappa shape index (κ3) is 5.23. The number of rotatable bonds is 7. The Labute approximate surface area is 233 Å². The molecule has 2 heterocycles. The minimum atomic E-state index is -3.67. The van der Waals surface area contributed by atoms with E-state index >= 15 is 0 Å². The van der Waals surface area contributed by atoms with Crippen molar-refractivity contribution in [2.75, 3.05) is 17.6 Å². The van der Waals surface area contributed by atoms with Crippen molar-refractivity contribution in [3.63, 3.8) is 0 Å². The summed E-state index contributed by atoms with van der Waals surface area (Å²) >= 11 is 15.7. The summed E-state index contributed by atoms with van der Waals surface area (Å²) in [5.41, 5.74) is 4.39. The second-order valence-electron chi connectivity index (χ2n) is 9.05. The molecule has 1 amide bonds. The number of hydrogen-bond donors (Lipinski definition) is 1. The largest absolute Gasteiger partial charge is 0.355 e. The molecule has 1 saturated carbocycles. The summed E-state index contributed by atoms with van der Waals surface area (Å²) in [7, 11) is -2.10. The van der Waals surface area contributed by atoms with Gasteiger partial charge in [-0.15, -0.1) is 0 Å². The molecule has 37 heavy (non-hydrogen) atoms. The van der Waals surface area contributed by atoms with Crippen LogP contribution < -0.4 is 9.62 Å². The van der Waals surface area contributed by atoms with Crippen LogP contribution >= 0.6 is 39.1 Å². The molecule has 0 bridgehead atoms. The molecule has 192 valence electrons. The van der Waals surface area contributed by atoms with Crippen LogP contribution in [0.2, 0.25) is 10.0 Å². The maximum absolute atomic E-state index is 13.1. The van der Waals surface area contributed by atoms with Crippen LogP contribution in [0.3, 0.4) is 0 Å². The minimum absolute atomic E-state index is 0.102. The Morgan fingerprint density at radius 1 is 1.16 bits per heavy atom. The topological polar surface area (TPSA) is 83.8 Å². The maximum atomic E-state index is 13.1. The number of nitrogens with zero attached hydrogens (tertiary/aromatic N) is 3. The van der Waals surface area contributed by atoms with Gasteiger partial charge in [-0.3, -0.25) is 9.10 Å². The predicted molar refractivity (Wildman–Crippen MR) is 151 cm³/mol. The Morgan fingerprint density at radius 3 is 2.46 bits per heavy atom. The second-order valence-corrected chi connectivity index (χ2v) is 12.7. The fourth-order valence-corrected chi connectivity index (χ4v) is 5.84. The summed E-state index contributed by atoms with van der Waals surface area (Å²) in [5, 5.41) is 8.50. The van der Waals surface area contributed by atoms with E-state index in [1.807, 2.05) is 12.1 Å². The first-order valence-electron chi connectivity index (χ1n) is 11.5. The van der Waals surface area contributed by atoms with Gasteiger partial charge < -0.3 is 5.32 Å². The van der Waals surface area contributed by atoms with E-state index in [1.165, 1.54) is 10.6 Å². The molecule has 7 nitrogen and oxygen atoms in total. The van der Waals surface area contributed by atoms with Crippen molar-refractivity contribution in [2.24, 2.45) is 0 Å². The number of carbonyl (C=O) groups excluding carboxylic acids is 1. The Kier molecular flexibility index (Phi) is 7.00. The first-order chi connectivity index (χ1) is 17.6. The van der Waals surface area contributed by atoms with Gasteiger partial charge >= 0.3 is 0 Å². The van der Waals surface area contributed by atoms with E-state index in [1.54, 1.807) is 54.2 Å². The number of hydrogen-bond acceptors (Lipinski definition) is 4. The van der Waals surface area contributed by atoms with E-state index in [-0.39, 0.29) is 18.4 Å². The van der Waals surface area contributed by atoms with Gasteiger partial charge in [0.05, 0.1) is 40.8 Å². The molecule has 5 rings (SSSR count). The molecule has 11 heteroatoms. The van der Waals surface area contributed by atoms with Crippen molar-refractivity contribution < 1.29 is 13.2 Å². The van der Waals surface area contributed by atoms with E-state index in [2.05, 4.69) is 21.2 Å². The van der Waals surface area contributed by atoms with E-state index in [0.717, 1.165) is 34.0 Å². The lowest BCUT2D eigenvalue weighted by Gasteiger charge is -2.25. The number of sulfonamides is 1. The zero-order valence-electron chi connectivity index (χ0n) is 20.0. The van der Waals surface area contributed by atoms with Crippen LogP contribution in [0.4, 0.5) is 5.69 Å². The van der Waals surface area contributed by atoms with E-state index in [0.29, 0.717) is 32.5 Å². The number of benzene rings is 2. The average molecular weight is 622 g/mol. The molecule has 1 aliphatic rings. The Morgan fingerprint density at radius 2 is 1.86 bits per heavy atom. The number of nitrogens with one attached hydrogen (secondary N) is 1. The van der Waals surface area contributed by atoms with E-state index < -0.39 is 10.0 Å². The van der Waals surface area contributed by atoms with Crippen LogP contribution in [0.25, 0.3) is 16.8 Å². The number of amides is 1. The van der Waals surface area contributed by atoms with Crippen molar-refractivity contribution in [2.45, 2.75) is 25.3 Å². The molecular weight excluding hydrogens is 599 g/mol. The fraction of sp³-hybridized carbons (Fsp3) is 0.231. The van der Waals surface area contributed by atoms with Crippen molar-refractivity contribution in [3.05, 3.63) is 85.9 Å². The van der Waals surface area contributed by atoms with Gasteiger partial charge in [-0.05, 0) is 76.1 Å². The zero-order valence-corrected chi connectivity index (χ0v) is 23.9. The second kappa shape index (κ2) is 9.94. The van der Waals surface area contributed by atoms with Crippen LogP contribution in [-0.4, -0.2) is 37.2 Å². The third-order valence-electron chi connectivity index (χ3n) is 6.35. The smallest absolute Gasteiger partial charge is 0.255 e. The fourth-order valence-electron chi connectivity index (χ4n) is 4.37. The summed E-state index contributed by atoms with van der Waals surface area (Å²) in [6.45, 7) is 0.102. The summed E-state index contributed by atoms with van der Waals surface area (Å²) in [5.74, 6) is -0.0805. The quantitative estimate of drug-likeness (QED) is 0.263. The van der Waals surface area contributed by atoms with Crippen molar-refractivity contribution in [3.8, 4) is 11.3 Å². The number of fused-ring (bicyclic) bond motifs is 1. The first-order valence-corrected chi connectivity index (χ1v) is 14.9. The van der Waals surface area contributed by atoms with Gasteiger partial charge in [-0.2, -0.15) is 5.10 Å². The maximum Gasteiger partial charge on any atom is 0.255 e. The molecule has 4 aromatic rings.